The molecule has 0 amide bonds. The van der Waals surface area contributed by atoms with E-state index >= 15 is 0 Å². The van der Waals surface area contributed by atoms with Crippen molar-refractivity contribution in [1.82, 2.24) is 0 Å². The summed E-state index contributed by atoms with van der Waals surface area (Å²) in [5.74, 6) is 1.24. The van der Waals surface area contributed by atoms with Gasteiger partial charge in [0.25, 0.3) is 0 Å². The second kappa shape index (κ2) is 6.14. The lowest BCUT2D eigenvalue weighted by atomic mass is 10.0. The molecule has 0 bridgehead atoms. The monoisotopic (exact) mass is 258 g/mol. The highest BCUT2D eigenvalue weighted by Gasteiger charge is 2.04. The van der Waals surface area contributed by atoms with Crippen LogP contribution < -0.4 is 4.74 Å². The zero-order valence-corrected chi connectivity index (χ0v) is 11.0. The number of hydrogen-bond donors (Lipinski definition) is 2. The van der Waals surface area contributed by atoms with Gasteiger partial charge in [-0.1, -0.05) is 18.2 Å². The van der Waals surface area contributed by atoms with E-state index in [1.807, 2.05) is 18.2 Å². The molecule has 0 saturated heterocycles. The van der Waals surface area contributed by atoms with Crippen LogP contribution in [-0.2, 0) is 12.8 Å². The molecule has 2 N–H and O–H groups in total. The van der Waals surface area contributed by atoms with Crippen molar-refractivity contribution in [1.29, 1.82) is 0 Å². The van der Waals surface area contributed by atoms with Gasteiger partial charge in [-0.25, -0.2) is 0 Å². The van der Waals surface area contributed by atoms with Crippen molar-refractivity contribution < 1.29 is 14.9 Å². The van der Waals surface area contributed by atoms with Gasteiger partial charge in [0.05, 0.1) is 7.11 Å². The molecule has 0 fully saturated rings. The molecular formula is C16H18O3. The third kappa shape index (κ3) is 3.65. The van der Waals surface area contributed by atoms with Crippen molar-refractivity contribution in [3.63, 3.8) is 0 Å². The van der Waals surface area contributed by atoms with E-state index in [9.17, 15) is 10.2 Å². The van der Waals surface area contributed by atoms with Gasteiger partial charge in [-0.3, -0.25) is 0 Å². The van der Waals surface area contributed by atoms with E-state index in [-0.39, 0.29) is 5.75 Å². The molecule has 0 radical (unpaired) electrons. The van der Waals surface area contributed by atoms with Gasteiger partial charge in [0.15, 0.2) is 0 Å². The lowest BCUT2D eigenvalue weighted by Gasteiger charge is -2.09. The predicted octanol–water partition coefficient (Wildman–Crippen LogP) is 3.28. The lowest BCUT2D eigenvalue weighted by Crippen LogP contribution is -1.94. The Hall–Kier alpha value is -2.16. The maximum Gasteiger partial charge on any atom is 0.125 e. The van der Waals surface area contributed by atoms with Crippen LogP contribution in [0.4, 0.5) is 0 Å². The molecule has 0 aromatic heterocycles. The number of methoxy groups -OCH3 is 1. The van der Waals surface area contributed by atoms with Crippen LogP contribution in [-0.4, -0.2) is 17.3 Å². The summed E-state index contributed by atoms with van der Waals surface area (Å²) in [7, 11) is 1.61. The molecule has 0 spiro atoms. The van der Waals surface area contributed by atoms with E-state index < -0.39 is 0 Å². The average molecular weight is 258 g/mol. The molecule has 0 saturated carbocycles. The summed E-state index contributed by atoms with van der Waals surface area (Å²) in [5.41, 5.74) is 2.30. The number of phenols is 2. The zero-order chi connectivity index (χ0) is 13.7. The number of benzene rings is 2. The fraction of sp³-hybridized carbons (Fsp3) is 0.250. The minimum absolute atomic E-state index is 0.221. The smallest absolute Gasteiger partial charge is 0.125 e. The Labute approximate surface area is 113 Å². The Bertz CT molecular complexity index is 532. The quantitative estimate of drug-likeness (QED) is 0.865. The Balaban J connectivity index is 1.94. The first-order chi connectivity index (χ1) is 9.19. The van der Waals surface area contributed by atoms with Gasteiger partial charge in [0.1, 0.15) is 17.2 Å². The molecule has 100 valence electrons. The Morgan fingerprint density at radius 3 is 2.26 bits per heavy atom. The second-order valence-corrected chi connectivity index (χ2v) is 4.52. The van der Waals surface area contributed by atoms with Crippen LogP contribution in [0.2, 0.25) is 0 Å². The van der Waals surface area contributed by atoms with Crippen LogP contribution in [0.3, 0.4) is 0 Å². The first-order valence-corrected chi connectivity index (χ1v) is 6.33. The van der Waals surface area contributed by atoms with Gasteiger partial charge in [-0.05, 0) is 48.6 Å². The summed E-state index contributed by atoms with van der Waals surface area (Å²) in [6.07, 6.45) is 2.83. The van der Waals surface area contributed by atoms with E-state index in [1.54, 1.807) is 31.4 Å². The molecule has 0 atom stereocenters. The van der Waals surface area contributed by atoms with Crippen molar-refractivity contribution >= 4 is 0 Å². The molecule has 0 aliphatic heterocycles. The number of hydrogen-bond acceptors (Lipinski definition) is 3. The molecular weight excluding hydrogens is 240 g/mol. The standard InChI is InChI=1S/C16H18O3/c1-19-16-11-15(18)10-7-13(16)4-2-3-12-5-8-14(17)9-6-12/h5-11,17-18H,2-4H2,1H3. The first-order valence-electron chi connectivity index (χ1n) is 6.33. The van der Waals surface area contributed by atoms with Gasteiger partial charge < -0.3 is 14.9 Å². The molecule has 2 rings (SSSR count). The first kappa shape index (κ1) is 13.3. The maximum atomic E-state index is 9.39. The molecule has 2 aromatic rings. The minimum atomic E-state index is 0.221. The normalized spacial score (nSPS) is 10.4. The molecule has 0 aliphatic rings. The number of ether oxygens (including phenoxy) is 1. The van der Waals surface area contributed by atoms with Crippen molar-refractivity contribution in [2.24, 2.45) is 0 Å². The summed E-state index contributed by atoms with van der Waals surface area (Å²) < 4.78 is 5.25. The van der Waals surface area contributed by atoms with Crippen LogP contribution >= 0.6 is 0 Å². The van der Waals surface area contributed by atoms with Crippen LogP contribution in [0.15, 0.2) is 42.5 Å². The third-order valence-electron chi connectivity index (χ3n) is 3.12. The molecule has 0 unspecified atom stereocenters. The largest absolute Gasteiger partial charge is 0.508 e. The number of rotatable bonds is 5. The van der Waals surface area contributed by atoms with Crippen LogP contribution in [0.25, 0.3) is 0 Å². The topological polar surface area (TPSA) is 49.7 Å². The molecule has 0 heterocycles. The average Bonchev–Trinajstić information content (AvgIpc) is 2.42. The fourth-order valence-corrected chi connectivity index (χ4v) is 2.09. The van der Waals surface area contributed by atoms with Gasteiger partial charge in [0, 0.05) is 6.07 Å². The van der Waals surface area contributed by atoms with Gasteiger partial charge in [-0.2, -0.15) is 0 Å². The van der Waals surface area contributed by atoms with Crippen LogP contribution in [0, 0.1) is 0 Å². The van der Waals surface area contributed by atoms with E-state index in [4.69, 9.17) is 4.74 Å². The summed E-state index contributed by atoms with van der Waals surface area (Å²) in [5, 5.41) is 18.6. The van der Waals surface area contributed by atoms with Crippen molar-refractivity contribution in [2.45, 2.75) is 19.3 Å². The Morgan fingerprint density at radius 1 is 0.895 bits per heavy atom. The van der Waals surface area contributed by atoms with Crippen molar-refractivity contribution in [3.8, 4) is 17.2 Å². The Kier molecular flexibility index (Phi) is 4.29. The summed E-state index contributed by atoms with van der Waals surface area (Å²) in [6, 6.07) is 12.5. The summed E-state index contributed by atoms with van der Waals surface area (Å²) >= 11 is 0. The molecule has 2 aromatic carbocycles. The second-order valence-electron chi connectivity index (χ2n) is 4.52. The molecule has 3 heteroatoms. The maximum absolute atomic E-state index is 9.39. The van der Waals surface area contributed by atoms with Crippen LogP contribution in [0.1, 0.15) is 17.5 Å². The van der Waals surface area contributed by atoms with E-state index in [1.165, 1.54) is 5.56 Å². The molecule has 3 nitrogen and oxygen atoms in total. The van der Waals surface area contributed by atoms with E-state index in [0.717, 1.165) is 30.6 Å². The van der Waals surface area contributed by atoms with Gasteiger partial charge in [-0.15, -0.1) is 0 Å². The minimum Gasteiger partial charge on any atom is -0.508 e. The lowest BCUT2D eigenvalue weighted by molar-refractivity contribution is 0.402. The molecule has 19 heavy (non-hydrogen) atoms. The molecule has 0 aliphatic carbocycles. The summed E-state index contributed by atoms with van der Waals surface area (Å²) in [4.78, 5) is 0. The van der Waals surface area contributed by atoms with Crippen molar-refractivity contribution in [3.05, 3.63) is 53.6 Å². The number of phenolic OH excluding ortho intramolecular Hbond substituents is 2. The van der Waals surface area contributed by atoms with Gasteiger partial charge >= 0.3 is 0 Å². The third-order valence-corrected chi connectivity index (χ3v) is 3.12. The highest BCUT2D eigenvalue weighted by atomic mass is 16.5. The predicted molar refractivity (Wildman–Crippen MR) is 74.8 cm³/mol. The van der Waals surface area contributed by atoms with Crippen molar-refractivity contribution in [2.75, 3.05) is 7.11 Å². The highest BCUT2D eigenvalue weighted by molar-refractivity contribution is 5.40. The fourth-order valence-electron chi connectivity index (χ4n) is 2.09. The van der Waals surface area contributed by atoms with Gasteiger partial charge in [0.2, 0.25) is 0 Å². The summed E-state index contributed by atoms with van der Waals surface area (Å²) in [6.45, 7) is 0. The highest BCUT2D eigenvalue weighted by Crippen LogP contribution is 2.25. The zero-order valence-electron chi connectivity index (χ0n) is 11.0. The Morgan fingerprint density at radius 2 is 1.58 bits per heavy atom. The number of aryl methyl sites for hydroxylation is 2. The van der Waals surface area contributed by atoms with Crippen LogP contribution in [0.5, 0.6) is 17.2 Å². The van der Waals surface area contributed by atoms with E-state index in [0.29, 0.717) is 5.75 Å². The number of aromatic hydroxyl groups is 2. The van der Waals surface area contributed by atoms with E-state index in [2.05, 4.69) is 0 Å². The SMILES string of the molecule is COc1cc(O)ccc1CCCc1ccc(O)cc1.